The lowest BCUT2D eigenvalue weighted by molar-refractivity contribution is -0.146. The van der Waals surface area contributed by atoms with Gasteiger partial charge in [-0.25, -0.2) is 4.79 Å². The number of carbonyl (C=O) groups excluding carboxylic acids is 1. The quantitative estimate of drug-likeness (QED) is 0.842. The molecule has 0 unspecified atom stereocenters. The van der Waals surface area contributed by atoms with Crippen molar-refractivity contribution in [2.24, 2.45) is 5.92 Å². The summed E-state index contributed by atoms with van der Waals surface area (Å²) in [5.74, 6) is -1.07. The largest absolute Gasteiger partial charge is 0.478 e. The Kier molecular flexibility index (Phi) is 4.04. The summed E-state index contributed by atoms with van der Waals surface area (Å²) in [6, 6.07) is 6.82. The number of hydrogen-bond donors (Lipinski definition) is 1. The van der Waals surface area contributed by atoms with Crippen LogP contribution in [-0.4, -0.2) is 37.2 Å². The van der Waals surface area contributed by atoms with E-state index in [1.165, 1.54) is 7.11 Å². The van der Waals surface area contributed by atoms with Gasteiger partial charge in [0.05, 0.1) is 18.6 Å². The lowest BCUT2D eigenvalue weighted by Crippen LogP contribution is -2.36. The Hall–Kier alpha value is -2.04. The Labute approximate surface area is 111 Å². The number of aromatic carboxylic acids is 1. The Morgan fingerprint density at radius 1 is 1.21 bits per heavy atom. The molecule has 1 aliphatic rings. The fourth-order valence-corrected chi connectivity index (χ4v) is 2.35. The van der Waals surface area contributed by atoms with Gasteiger partial charge in [0.2, 0.25) is 0 Å². The first-order valence-electron chi connectivity index (χ1n) is 6.28. The summed E-state index contributed by atoms with van der Waals surface area (Å²) in [5.41, 5.74) is 1.28. The number of benzene rings is 1. The maximum Gasteiger partial charge on any atom is 0.335 e. The molecule has 2 rings (SSSR count). The molecule has 0 spiro atoms. The predicted octanol–water partition coefficient (Wildman–Crippen LogP) is 1.77. The number of hydrogen-bond acceptors (Lipinski definition) is 4. The number of esters is 1. The van der Waals surface area contributed by atoms with Crippen molar-refractivity contribution in [3.05, 3.63) is 29.8 Å². The molecule has 0 aromatic heterocycles. The molecule has 5 heteroatoms. The van der Waals surface area contributed by atoms with Gasteiger partial charge in [0.15, 0.2) is 0 Å². The summed E-state index contributed by atoms with van der Waals surface area (Å²) in [6.07, 6.45) is 1.54. The highest BCUT2D eigenvalue weighted by atomic mass is 16.5. The van der Waals surface area contributed by atoms with Gasteiger partial charge in [0.1, 0.15) is 0 Å². The van der Waals surface area contributed by atoms with E-state index in [1.54, 1.807) is 12.1 Å². The predicted molar refractivity (Wildman–Crippen MR) is 70.4 cm³/mol. The molecule has 1 N–H and O–H groups in total. The Morgan fingerprint density at radius 3 is 2.26 bits per heavy atom. The summed E-state index contributed by atoms with van der Waals surface area (Å²) < 4.78 is 4.75. The molecule has 1 fully saturated rings. The highest BCUT2D eigenvalue weighted by Gasteiger charge is 2.25. The van der Waals surface area contributed by atoms with Gasteiger partial charge in [-0.05, 0) is 37.1 Å². The fraction of sp³-hybridized carbons (Fsp3) is 0.429. The van der Waals surface area contributed by atoms with Crippen LogP contribution >= 0.6 is 0 Å². The summed E-state index contributed by atoms with van der Waals surface area (Å²) in [6.45, 7) is 1.57. The number of piperidine rings is 1. The van der Waals surface area contributed by atoms with Crippen LogP contribution < -0.4 is 4.90 Å². The second-order valence-corrected chi connectivity index (χ2v) is 4.64. The number of methoxy groups -OCH3 is 1. The van der Waals surface area contributed by atoms with Crippen LogP contribution in [0.1, 0.15) is 23.2 Å². The van der Waals surface area contributed by atoms with E-state index in [0.29, 0.717) is 0 Å². The van der Waals surface area contributed by atoms with E-state index < -0.39 is 5.97 Å². The van der Waals surface area contributed by atoms with E-state index in [2.05, 4.69) is 4.90 Å². The number of anilines is 1. The van der Waals surface area contributed by atoms with Crippen LogP contribution in [0.25, 0.3) is 0 Å². The second-order valence-electron chi connectivity index (χ2n) is 4.64. The van der Waals surface area contributed by atoms with Crippen molar-refractivity contribution in [1.29, 1.82) is 0 Å². The van der Waals surface area contributed by atoms with Crippen molar-refractivity contribution in [2.75, 3.05) is 25.1 Å². The molecule has 1 aromatic rings. The van der Waals surface area contributed by atoms with Crippen LogP contribution in [0.4, 0.5) is 5.69 Å². The molecule has 0 aliphatic carbocycles. The van der Waals surface area contributed by atoms with Gasteiger partial charge in [-0.3, -0.25) is 4.79 Å². The van der Waals surface area contributed by atoms with E-state index >= 15 is 0 Å². The monoisotopic (exact) mass is 263 g/mol. The summed E-state index contributed by atoms with van der Waals surface area (Å²) in [7, 11) is 1.42. The number of carboxylic acid groups (broad SMARTS) is 1. The molecule has 0 bridgehead atoms. The van der Waals surface area contributed by atoms with Crippen LogP contribution in [0.2, 0.25) is 0 Å². The smallest absolute Gasteiger partial charge is 0.335 e. The van der Waals surface area contributed by atoms with Gasteiger partial charge in [-0.15, -0.1) is 0 Å². The van der Waals surface area contributed by atoms with Crippen molar-refractivity contribution >= 4 is 17.6 Å². The van der Waals surface area contributed by atoms with E-state index in [1.807, 2.05) is 12.1 Å². The van der Waals surface area contributed by atoms with Crippen LogP contribution in [0, 0.1) is 5.92 Å². The topological polar surface area (TPSA) is 66.8 Å². The number of carbonyl (C=O) groups is 2. The fourth-order valence-electron chi connectivity index (χ4n) is 2.35. The SMILES string of the molecule is COC(=O)C1CCN(c2ccc(C(=O)O)cc2)CC1. The normalized spacial score (nSPS) is 16.2. The Bertz CT molecular complexity index is 461. The molecular weight excluding hydrogens is 246 g/mol. The van der Waals surface area contributed by atoms with Crippen LogP contribution in [0.5, 0.6) is 0 Å². The third-order valence-corrected chi connectivity index (χ3v) is 3.51. The first-order chi connectivity index (χ1) is 9.11. The molecule has 102 valence electrons. The molecule has 0 atom stereocenters. The highest BCUT2D eigenvalue weighted by molar-refractivity contribution is 5.88. The molecule has 1 aromatic carbocycles. The van der Waals surface area contributed by atoms with Crippen LogP contribution in [0.15, 0.2) is 24.3 Å². The summed E-state index contributed by atoms with van der Waals surface area (Å²) in [4.78, 5) is 24.4. The van der Waals surface area contributed by atoms with Crippen molar-refractivity contribution in [1.82, 2.24) is 0 Å². The van der Waals surface area contributed by atoms with Gasteiger partial charge >= 0.3 is 11.9 Å². The molecular formula is C14H17NO4. The molecule has 0 radical (unpaired) electrons. The number of rotatable bonds is 3. The molecule has 1 saturated heterocycles. The maximum absolute atomic E-state index is 11.4. The highest BCUT2D eigenvalue weighted by Crippen LogP contribution is 2.24. The molecule has 0 saturated carbocycles. The van der Waals surface area contributed by atoms with Gasteiger partial charge in [0.25, 0.3) is 0 Å². The number of carboxylic acids is 1. The van der Waals surface area contributed by atoms with Crippen LogP contribution in [0.3, 0.4) is 0 Å². The standard InChI is InChI=1S/C14H17NO4/c1-19-14(18)11-6-8-15(9-7-11)12-4-2-10(3-5-12)13(16)17/h2-5,11H,6-9H2,1H3,(H,16,17). The first-order valence-corrected chi connectivity index (χ1v) is 6.28. The lowest BCUT2D eigenvalue weighted by atomic mass is 9.96. The van der Waals surface area contributed by atoms with Gasteiger partial charge in [0, 0.05) is 18.8 Å². The maximum atomic E-state index is 11.4. The third-order valence-electron chi connectivity index (χ3n) is 3.51. The minimum absolute atomic E-state index is 0.0143. The number of nitrogens with zero attached hydrogens (tertiary/aromatic N) is 1. The average molecular weight is 263 g/mol. The zero-order chi connectivity index (χ0) is 13.8. The second kappa shape index (κ2) is 5.73. The lowest BCUT2D eigenvalue weighted by Gasteiger charge is -2.32. The zero-order valence-corrected chi connectivity index (χ0v) is 10.8. The zero-order valence-electron chi connectivity index (χ0n) is 10.8. The van der Waals surface area contributed by atoms with E-state index in [-0.39, 0.29) is 17.5 Å². The number of ether oxygens (including phenoxy) is 1. The van der Waals surface area contributed by atoms with E-state index in [9.17, 15) is 9.59 Å². The summed E-state index contributed by atoms with van der Waals surface area (Å²) >= 11 is 0. The van der Waals surface area contributed by atoms with Crippen molar-refractivity contribution in [2.45, 2.75) is 12.8 Å². The van der Waals surface area contributed by atoms with Crippen molar-refractivity contribution in [3.8, 4) is 0 Å². The Balaban J connectivity index is 1.97. The third kappa shape index (κ3) is 3.05. The van der Waals surface area contributed by atoms with Gasteiger partial charge in [-0.1, -0.05) is 0 Å². The van der Waals surface area contributed by atoms with Gasteiger partial charge < -0.3 is 14.7 Å². The molecule has 0 amide bonds. The van der Waals surface area contributed by atoms with Crippen molar-refractivity contribution < 1.29 is 19.4 Å². The molecule has 1 heterocycles. The minimum atomic E-state index is -0.920. The molecule has 5 nitrogen and oxygen atoms in total. The van der Waals surface area contributed by atoms with E-state index in [4.69, 9.17) is 9.84 Å². The molecule has 19 heavy (non-hydrogen) atoms. The van der Waals surface area contributed by atoms with E-state index in [0.717, 1.165) is 31.6 Å². The average Bonchev–Trinajstić information content (AvgIpc) is 2.46. The van der Waals surface area contributed by atoms with Crippen molar-refractivity contribution in [3.63, 3.8) is 0 Å². The summed E-state index contributed by atoms with van der Waals surface area (Å²) in [5, 5.41) is 8.84. The Morgan fingerprint density at radius 2 is 1.79 bits per heavy atom. The minimum Gasteiger partial charge on any atom is -0.478 e. The van der Waals surface area contributed by atoms with Gasteiger partial charge in [-0.2, -0.15) is 0 Å². The first kappa shape index (κ1) is 13.4. The molecule has 1 aliphatic heterocycles. The van der Waals surface area contributed by atoms with Crippen LogP contribution in [-0.2, 0) is 9.53 Å².